The normalized spacial score (nSPS) is 11.1. The maximum Gasteiger partial charge on any atom is 0.416 e. The molecule has 0 radical (unpaired) electrons. The lowest BCUT2D eigenvalue weighted by molar-refractivity contribution is -0.137. The summed E-state index contributed by atoms with van der Waals surface area (Å²) in [5.74, 6) is 0.280. The van der Waals surface area contributed by atoms with Gasteiger partial charge in [0.25, 0.3) is 0 Å². The molecule has 134 valence electrons. The second-order valence-corrected chi connectivity index (χ2v) is 5.51. The summed E-state index contributed by atoms with van der Waals surface area (Å²) in [4.78, 5) is 11.9. The Morgan fingerprint density at radius 3 is 2.60 bits per heavy atom. The highest BCUT2D eigenvalue weighted by atomic mass is 19.4. The molecule has 2 aromatic carbocycles. The van der Waals surface area contributed by atoms with E-state index in [0.29, 0.717) is 12.3 Å². The number of benzene rings is 2. The maximum absolute atomic E-state index is 12.7. The van der Waals surface area contributed by atoms with Crippen LogP contribution in [0.1, 0.15) is 17.5 Å². The van der Waals surface area contributed by atoms with E-state index >= 15 is 0 Å². The number of methoxy groups -OCH3 is 1. The van der Waals surface area contributed by atoms with Gasteiger partial charge in [0.15, 0.2) is 0 Å². The van der Waals surface area contributed by atoms with E-state index in [0.717, 1.165) is 23.4 Å². The van der Waals surface area contributed by atoms with Gasteiger partial charge in [-0.25, -0.2) is 0 Å². The van der Waals surface area contributed by atoms with Crippen LogP contribution in [0.3, 0.4) is 0 Å². The number of carbonyl (C=O) groups excluding carboxylic acids is 1. The monoisotopic (exact) mass is 352 g/mol. The van der Waals surface area contributed by atoms with Gasteiger partial charge in [0, 0.05) is 18.7 Å². The van der Waals surface area contributed by atoms with Gasteiger partial charge in [-0.15, -0.1) is 0 Å². The molecule has 0 aliphatic rings. The van der Waals surface area contributed by atoms with Crippen LogP contribution in [-0.4, -0.2) is 19.6 Å². The average molecular weight is 352 g/mol. The van der Waals surface area contributed by atoms with Gasteiger partial charge in [0.1, 0.15) is 5.75 Å². The van der Waals surface area contributed by atoms with E-state index in [1.165, 1.54) is 12.1 Å². The third kappa shape index (κ3) is 5.41. The molecule has 0 atom stereocenters. The molecule has 0 fully saturated rings. The van der Waals surface area contributed by atoms with Crippen LogP contribution < -0.4 is 15.4 Å². The van der Waals surface area contributed by atoms with Crippen LogP contribution in [0.15, 0.2) is 42.5 Å². The largest absolute Gasteiger partial charge is 0.495 e. The Morgan fingerprint density at radius 2 is 1.92 bits per heavy atom. The van der Waals surface area contributed by atoms with Gasteiger partial charge in [0.05, 0.1) is 18.4 Å². The predicted molar refractivity (Wildman–Crippen MR) is 90.9 cm³/mol. The number of hydrogen-bond donors (Lipinski definition) is 2. The van der Waals surface area contributed by atoms with Crippen molar-refractivity contribution < 1.29 is 22.7 Å². The first-order valence-corrected chi connectivity index (χ1v) is 7.65. The molecule has 0 bridgehead atoms. The standard InChI is InChI=1S/C18H19F3N2O2/c1-12-6-7-16(25-2)15(10-12)22-9-8-17(24)23-14-5-3-4-13(11-14)18(19,20)21/h3-7,10-11,22H,8-9H2,1-2H3,(H,23,24). The highest BCUT2D eigenvalue weighted by molar-refractivity contribution is 5.91. The summed E-state index contributed by atoms with van der Waals surface area (Å²) in [5.41, 5.74) is 1.12. The summed E-state index contributed by atoms with van der Waals surface area (Å²) < 4.78 is 43.2. The summed E-state index contributed by atoms with van der Waals surface area (Å²) in [6, 6.07) is 10.2. The van der Waals surface area contributed by atoms with E-state index in [1.807, 2.05) is 25.1 Å². The molecule has 0 aliphatic carbocycles. The SMILES string of the molecule is COc1ccc(C)cc1NCCC(=O)Nc1cccc(C(F)(F)F)c1. The number of hydrogen-bond acceptors (Lipinski definition) is 3. The predicted octanol–water partition coefficient (Wildman–Crippen LogP) is 4.46. The molecule has 0 spiro atoms. The Hall–Kier alpha value is -2.70. The van der Waals surface area contributed by atoms with Crippen molar-refractivity contribution in [2.75, 3.05) is 24.3 Å². The van der Waals surface area contributed by atoms with Crippen LogP contribution in [-0.2, 0) is 11.0 Å². The minimum Gasteiger partial charge on any atom is -0.495 e. The third-order valence-electron chi connectivity index (χ3n) is 3.50. The molecule has 0 heterocycles. The van der Waals surface area contributed by atoms with Crippen molar-refractivity contribution in [2.24, 2.45) is 0 Å². The number of halogens is 3. The first kappa shape index (κ1) is 18.6. The van der Waals surface area contributed by atoms with E-state index in [4.69, 9.17) is 4.74 Å². The summed E-state index contributed by atoms with van der Waals surface area (Å²) >= 11 is 0. The molecule has 0 saturated carbocycles. The van der Waals surface area contributed by atoms with E-state index < -0.39 is 11.7 Å². The molecule has 25 heavy (non-hydrogen) atoms. The molecule has 0 unspecified atom stereocenters. The lowest BCUT2D eigenvalue weighted by Gasteiger charge is -2.12. The summed E-state index contributed by atoms with van der Waals surface area (Å²) in [6.07, 6.45) is -4.34. The van der Waals surface area contributed by atoms with Crippen molar-refractivity contribution in [2.45, 2.75) is 19.5 Å². The second-order valence-electron chi connectivity index (χ2n) is 5.51. The van der Waals surface area contributed by atoms with Crippen molar-refractivity contribution in [1.29, 1.82) is 0 Å². The Bertz CT molecular complexity index is 745. The van der Waals surface area contributed by atoms with Crippen LogP contribution in [0.5, 0.6) is 5.75 Å². The fraction of sp³-hybridized carbons (Fsp3) is 0.278. The molecule has 4 nitrogen and oxygen atoms in total. The Morgan fingerprint density at radius 1 is 1.16 bits per heavy atom. The van der Waals surface area contributed by atoms with Crippen LogP contribution in [0.4, 0.5) is 24.5 Å². The van der Waals surface area contributed by atoms with E-state index in [9.17, 15) is 18.0 Å². The van der Waals surface area contributed by atoms with E-state index in [-0.39, 0.29) is 18.0 Å². The number of ether oxygens (including phenoxy) is 1. The van der Waals surface area contributed by atoms with Crippen LogP contribution in [0, 0.1) is 6.92 Å². The maximum atomic E-state index is 12.7. The van der Waals surface area contributed by atoms with E-state index in [2.05, 4.69) is 10.6 Å². The quantitative estimate of drug-likeness (QED) is 0.807. The number of nitrogens with one attached hydrogen (secondary N) is 2. The molecule has 7 heteroatoms. The van der Waals surface area contributed by atoms with Crippen LogP contribution in [0.25, 0.3) is 0 Å². The van der Waals surface area contributed by atoms with Gasteiger partial charge in [-0.05, 0) is 42.8 Å². The van der Waals surface area contributed by atoms with Gasteiger partial charge in [-0.2, -0.15) is 13.2 Å². The van der Waals surface area contributed by atoms with E-state index in [1.54, 1.807) is 7.11 Å². The zero-order valence-corrected chi connectivity index (χ0v) is 13.9. The molecule has 2 rings (SSSR count). The topological polar surface area (TPSA) is 50.4 Å². The number of alkyl halides is 3. The van der Waals surface area contributed by atoms with Gasteiger partial charge in [-0.3, -0.25) is 4.79 Å². The van der Waals surface area contributed by atoms with Gasteiger partial charge in [0.2, 0.25) is 5.91 Å². The zero-order chi connectivity index (χ0) is 18.4. The molecule has 2 aromatic rings. The van der Waals surface area contributed by atoms with Gasteiger partial charge < -0.3 is 15.4 Å². The number of anilines is 2. The zero-order valence-electron chi connectivity index (χ0n) is 13.9. The highest BCUT2D eigenvalue weighted by Crippen LogP contribution is 2.30. The lowest BCUT2D eigenvalue weighted by Crippen LogP contribution is -2.17. The molecule has 2 N–H and O–H groups in total. The molecule has 1 amide bonds. The Labute approximate surface area is 144 Å². The Balaban J connectivity index is 1.90. The highest BCUT2D eigenvalue weighted by Gasteiger charge is 2.30. The number of amides is 1. The molecular formula is C18H19F3N2O2. The molecule has 0 aliphatic heterocycles. The van der Waals surface area contributed by atoms with Crippen molar-refractivity contribution in [1.82, 2.24) is 0 Å². The van der Waals surface area contributed by atoms with Crippen LogP contribution in [0.2, 0.25) is 0 Å². The minimum atomic E-state index is -4.44. The molecule has 0 saturated heterocycles. The first-order chi connectivity index (χ1) is 11.8. The van der Waals surface area contributed by atoms with Crippen LogP contribution >= 0.6 is 0 Å². The summed E-state index contributed by atoms with van der Waals surface area (Å²) in [6.45, 7) is 2.26. The third-order valence-corrected chi connectivity index (χ3v) is 3.50. The van der Waals surface area contributed by atoms with Crippen molar-refractivity contribution in [3.05, 3.63) is 53.6 Å². The van der Waals surface area contributed by atoms with Gasteiger partial charge >= 0.3 is 6.18 Å². The average Bonchev–Trinajstić information content (AvgIpc) is 2.54. The van der Waals surface area contributed by atoms with Crippen molar-refractivity contribution in [3.8, 4) is 5.75 Å². The number of rotatable bonds is 6. The Kier molecular flexibility index (Phi) is 5.90. The fourth-order valence-electron chi connectivity index (χ4n) is 2.27. The minimum absolute atomic E-state index is 0.105. The van der Waals surface area contributed by atoms with Crippen molar-refractivity contribution >= 4 is 17.3 Å². The smallest absolute Gasteiger partial charge is 0.416 e. The molecular weight excluding hydrogens is 333 g/mol. The number of aryl methyl sites for hydroxylation is 1. The fourth-order valence-corrected chi connectivity index (χ4v) is 2.27. The number of carbonyl (C=O) groups is 1. The second kappa shape index (κ2) is 7.92. The summed E-state index contributed by atoms with van der Waals surface area (Å²) in [5, 5.41) is 5.56. The van der Waals surface area contributed by atoms with Gasteiger partial charge in [-0.1, -0.05) is 12.1 Å². The van der Waals surface area contributed by atoms with Crippen molar-refractivity contribution in [3.63, 3.8) is 0 Å². The lowest BCUT2D eigenvalue weighted by atomic mass is 10.2. The summed E-state index contributed by atoms with van der Waals surface area (Å²) in [7, 11) is 1.55. The molecule has 0 aromatic heterocycles. The first-order valence-electron chi connectivity index (χ1n) is 7.65.